The van der Waals surface area contributed by atoms with Crippen molar-refractivity contribution in [3.63, 3.8) is 0 Å². The molecule has 0 aliphatic carbocycles. The van der Waals surface area contributed by atoms with E-state index in [1.807, 2.05) is 6.07 Å². The molecule has 0 radical (unpaired) electrons. The third-order valence-electron chi connectivity index (χ3n) is 3.61. The van der Waals surface area contributed by atoms with Gasteiger partial charge in [0.05, 0.1) is 0 Å². The van der Waals surface area contributed by atoms with E-state index in [1.165, 1.54) is 16.7 Å². The van der Waals surface area contributed by atoms with Crippen LogP contribution < -0.4 is 4.74 Å². The van der Waals surface area contributed by atoms with Crippen molar-refractivity contribution in [2.45, 2.75) is 38.8 Å². The summed E-state index contributed by atoms with van der Waals surface area (Å²) in [6.07, 6.45) is -0.0515. The maximum absolute atomic E-state index is 6.45. The quantitative estimate of drug-likeness (QED) is 0.741. The molecule has 1 aliphatic rings. The fourth-order valence-electron chi connectivity index (χ4n) is 2.73. The van der Waals surface area contributed by atoms with Gasteiger partial charge in [-0.3, -0.25) is 0 Å². The molecule has 0 aromatic heterocycles. The van der Waals surface area contributed by atoms with Gasteiger partial charge in [0.1, 0.15) is 11.9 Å². The molecule has 0 fully saturated rings. The van der Waals surface area contributed by atoms with Gasteiger partial charge in [-0.15, -0.1) is 0 Å². The Balaban J connectivity index is 2.01. The largest absolute Gasteiger partial charge is 0.482 e. The Bertz CT molecular complexity index is 631. The molecule has 2 nitrogen and oxygen atoms in total. The molecule has 21 heavy (non-hydrogen) atoms. The van der Waals surface area contributed by atoms with Gasteiger partial charge >= 0.3 is 0 Å². The molecule has 3 rings (SSSR count). The zero-order valence-electron chi connectivity index (χ0n) is 13.1. The summed E-state index contributed by atoms with van der Waals surface area (Å²) in [4.78, 5) is 0. The second-order valence-corrected chi connectivity index (χ2v) is 11.1. The van der Waals surface area contributed by atoms with Crippen LogP contribution in [0.1, 0.15) is 28.9 Å². The maximum Gasteiger partial charge on any atom is 0.184 e. The van der Waals surface area contributed by atoms with E-state index in [-0.39, 0.29) is 12.2 Å². The van der Waals surface area contributed by atoms with Crippen molar-refractivity contribution in [1.82, 2.24) is 0 Å². The molecule has 0 spiro atoms. The van der Waals surface area contributed by atoms with E-state index in [0.29, 0.717) is 0 Å². The number of aryl methyl sites for hydroxylation is 1. The van der Waals surface area contributed by atoms with E-state index in [0.717, 1.165) is 5.75 Å². The lowest BCUT2D eigenvalue weighted by Gasteiger charge is -2.27. The summed E-state index contributed by atoms with van der Waals surface area (Å²) in [6, 6.07) is 16.8. The second-order valence-electron chi connectivity index (χ2n) is 6.64. The molecule has 2 atom stereocenters. The maximum atomic E-state index is 6.45. The van der Waals surface area contributed by atoms with Gasteiger partial charge in [0.25, 0.3) is 0 Å². The molecule has 0 saturated carbocycles. The van der Waals surface area contributed by atoms with Crippen LogP contribution >= 0.6 is 0 Å². The number of rotatable bonds is 3. The summed E-state index contributed by atoms with van der Waals surface area (Å²) >= 11 is 0. The van der Waals surface area contributed by atoms with Crippen molar-refractivity contribution < 1.29 is 9.16 Å². The Morgan fingerprint density at radius 3 is 2.38 bits per heavy atom. The average Bonchev–Trinajstić information content (AvgIpc) is 2.76. The highest BCUT2D eigenvalue weighted by Crippen LogP contribution is 2.47. The van der Waals surface area contributed by atoms with E-state index in [2.05, 4.69) is 69.0 Å². The normalized spacial score (nSPS) is 21.0. The number of hydrogen-bond acceptors (Lipinski definition) is 2. The van der Waals surface area contributed by atoms with Crippen LogP contribution in [0.25, 0.3) is 0 Å². The van der Waals surface area contributed by atoms with Crippen LogP contribution in [-0.4, -0.2) is 8.32 Å². The Kier molecular flexibility index (Phi) is 3.63. The molecule has 1 aliphatic heterocycles. The first-order valence-electron chi connectivity index (χ1n) is 7.44. The summed E-state index contributed by atoms with van der Waals surface area (Å²) in [5.74, 6) is 0.965. The topological polar surface area (TPSA) is 18.5 Å². The van der Waals surface area contributed by atoms with Gasteiger partial charge in [0.2, 0.25) is 0 Å². The van der Waals surface area contributed by atoms with Crippen LogP contribution in [0.5, 0.6) is 5.75 Å². The summed E-state index contributed by atoms with van der Waals surface area (Å²) in [6.45, 7) is 8.76. The molecule has 0 saturated heterocycles. The molecular weight excluding hydrogens is 276 g/mol. The monoisotopic (exact) mass is 298 g/mol. The van der Waals surface area contributed by atoms with Crippen molar-refractivity contribution in [1.29, 1.82) is 0 Å². The van der Waals surface area contributed by atoms with E-state index >= 15 is 0 Å². The summed E-state index contributed by atoms with van der Waals surface area (Å²) in [5, 5.41) is 0. The third-order valence-corrected chi connectivity index (χ3v) is 4.57. The van der Waals surface area contributed by atoms with Gasteiger partial charge in [-0.2, -0.15) is 0 Å². The van der Waals surface area contributed by atoms with Crippen LogP contribution in [-0.2, 0) is 4.43 Å². The highest BCUT2D eigenvalue weighted by molar-refractivity contribution is 6.69. The highest BCUT2D eigenvalue weighted by Gasteiger charge is 2.38. The van der Waals surface area contributed by atoms with E-state index < -0.39 is 8.32 Å². The summed E-state index contributed by atoms with van der Waals surface area (Å²) in [7, 11) is -1.66. The molecule has 2 aromatic rings. The molecule has 1 heterocycles. The summed E-state index contributed by atoms with van der Waals surface area (Å²) < 4.78 is 12.7. The fraction of sp³-hybridized carbons (Fsp3) is 0.333. The van der Waals surface area contributed by atoms with Crippen molar-refractivity contribution in [2.75, 3.05) is 0 Å². The molecule has 0 bridgehead atoms. The van der Waals surface area contributed by atoms with Crippen LogP contribution in [0.2, 0.25) is 19.6 Å². The fourth-order valence-corrected chi connectivity index (χ4v) is 3.74. The van der Waals surface area contributed by atoms with E-state index in [9.17, 15) is 0 Å². The Hall–Kier alpha value is -1.58. The van der Waals surface area contributed by atoms with Crippen molar-refractivity contribution in [3.8, 4) is 5.75 Å². The standard InChI is InChI=1S/C18H22O2Si/c1-13-10-11-15-16(12-13)19-17(14-8-6-5-7-9-14)18(15)20-21(2,3)4/h5-12,17-18H,1-4H3/t17-,18-/m1/s1. The smallest absolute Gasteiger partial charge is 0.184 e. The molecule has 0 unspecified atom stereocenters. The Morgan fingerprint density at radius 1 is 1.00 bits per heavy atom. The van der Waals surface area contributed by atoms with Crippen LogP contribution in [0.4, 0.5) is 0 Å². The molecule has 110 valence electrons. The predicted molar refractivity (Wildman–Crippen MR) is 88.2 cm³/mol. The third kappa shape index (κ3) is 3.04. The second kappa shape index (κ2) is 5.32. The van der Waals surface area contributed by atoms with Gasteiger partial charge in [0, 0.05) is 5.56 Å². The lowest BCUT2D eigenvalue weighted by molar-refractivity contribution is 0.0809. The zero-order valence-corrected chi connectivity index (χ0v) is 14.1. The van der Waals surface area contributed by atoms with Crippen LogP contribution in [0.15, 0.2) is 48.5 Å². The van der Waals surface area contributed by atoms with Crippen molar-refractivity contribution >= 4 is 8.32 Å². The van der Waals surface area contributed by atoms with Crippen molar-refractivity contribution in [3.05, 3.63) is 65.2 Å². The number of ether oxygens (including phenoxy) is 1. The minimum absolute atomic E-state index is 0.00494. The Labute approximate surface area is 127 Å². The SMILES string of the molecule is Cc1ccc2c(c1)O[C@H](c1ccccc1)[C@@H]2O[Si](C)(C)C. The zero-order chi connectivity index (χ0) is 15.0. The number of benzene rings is 2. The lowest BCUT2D eigenvalue weighted by atomic mass is 10.00. The van der Waals surface area contributed by atoms with Crippen LogP contribution in [0.3, 0.4) is 0 Å². The van der Waals surface area contributed by atoms with Gasteiger partial charge in [0.15, 0.2) is 14.4 Å². The lowest BCUT2D eigenvalue weighted by Crippen LogP contribution is -2.29. The number of fused-ring (bicyclic) bond motifs is 1. The van der Waals surface area contributed by atoms with E-state index in [1.54, 1.807) is 0 Å². The first-order chi connectivity index (χ1) is 9.94. The van der Waals surface area contributed by atoms with E-state index in [4.69, 9.17) is 9.16 Å². The highest BCUT2D eigenvalue weighted by atomic mass is 28.4. The average molecular weight is 298 g/mol. The molecular formula is C18H22O2Si. The van der Waals surface area contributed by atoms with Gasteiger partial charge < -0.3 is 9.16 Å². The van der Waals surface area contributed by atoms with Gasteiger partial charge in [-0.25, -0.2) is 0 Å². The molecule has 3 heteroatoms. The summed E-state index contributed by atoms with van der Waals surface area (Å²) in [5.41, 5.74) is 3.57. The van der Waals surface area contributed by atoms with Gasteiger partial charge in [-0.1, -0.05) is 42.5 Å². The minimum Gasteiger partial charge on any atom is -0.482 e. The molecule has 0 N–H and O–H groups in total. The van der Waals surface area contributed by atoms with Crippen molar-refractivity contribution in [2.24, 2.45) is 0 Å². The first kappa shape index (κ1) is 14.4. The van der Waals surface area contributed by atoms with Crippen LogP contribution in [0, 0.1) is 6.92 Å². The van der Waals surface area contributed by atoms with Gasteiger partial charge in [-0.05, 0) is 43.8 Å². The molecule has 2 aromatic carbocycles. The first-order valence-corrected chi connectivity index (χ1v) is 10.8. The minimum atomic E-state index is -1.66. The molecule has 0 amide bonds. The number of hydrogen-bond donors (Lipinski definition) is 0. The Morgan fingerprint density at radius 2 is 1.71 bits per heavy atom. The predicted octanol–water partition coefficient (Wildman–Crippen LogP) is 5.02.